The highest BCUT2D eigenvalue weighted by molar-refractivity contribution is 6.25. The molecule has 0 bridgehead atoms. The number of hydrogen-bond donors (Lipinski definition) is 0. The molecule has 8 heterocycles. The summed E-state index contributed by atoms with van der Waals surface area (Å²) in [6.07, 6.45) is 0. The molecule has 91 heavy (non-hydrogen) atoms. The van der Waals surface area contributed by atoms with Crippen LogP contribution in [0.1, 0.15) is 16.7 Å². The van der Waals surface area contributed by atoms with Gasteiger partial charge in [0.1, 0.15) is 29.5 Å². The molecule has 0 fully saturated rings. The van der Waals surface area contributed by atoms with Crippen molar-refractivity contribution in [2.45, 2.75) is 0 Å². The standard InChI is InChI=1S/C80H43N11/c81-44-59-71(47-20-3-1-4-21-47)60(45-82)75(61(46-83)72(59)48-22-5-2-6-23-48)89-66-35-16-10-29-56(66)73-54-39-38-50(41-58(54)77-84-63-32-13-18-37-68(63)90(77)78(73)89)49-26-19-27-53(40-49)74-55-28-9-12-31-62(55)85-80(86-74)91-67-36-17-11-30-57(67)76-79(91)88-65-34-15-8-25-52(65)43-70(88)69-42-51-24-7-14-33-64(51)87(69)76/h1-43H. The molecule has 0 saturated carbocycles. The van der Waals surface area contributed by atoms with E-state index >= 15 is 0 Å². The molecule has 0 aliphatic carbocycles. The van der Waals surface area contributed by atoms with E-state index in [1.54, 1.807) is 0 Å². The van der Waals surface area contributed by atoms with E-state index in [4.69, 9.17) is 15.0 Å². The Hall–Kier alpha value is -13.1. The fourth-order valence-corrected chi connectivity index (χ4v) is 14.8. The van der Waals surface area contributed by atoms with Crippen molar-refractivity contribution in [3.05, 3.63) is 278 Å². The Balaban J connectivity index is 0.859. The minimum atomic E-state index is 0.215. The number of hydrogen-bond acceptors (Lipinski definition) is 6. The zero-order valence-corrected chi connectivity index (χ0v) is 48.2. The molecule has 11 aromatic carbocycles. The summed E-state index contributed by atoms with van der Waals surface area (Å²) in [6.45, 7) is 0. The molecule has 0 aliphatic rings. The van der Waals surface area contributed by atoms with E-state index in [-0.39, 0.29) is 16.7 Å². The second kappa shape index (κ2) is 18.9. The molecule has 8 aromatic heterocycles. The van der Waals surface area contributed by atoms with Crippen molar-refractivity contribution in [2.75, 3.05) is 0 Å². The average molecular weight is 1160 g/mol. The molecule has 0 spiro atoms. The van der Waals surface area contributed by atoms with Gasteiger partial charge in [0.25, 0.3) is 0 Å². The van der Waals surface area contributed by atoms with Gasteiger partial charge in [-0.15, -0.1) is 0 Å². The van der Waals surface area contributed by atoms with E-state index in [1.807, 2.05) is 103 Å². The van der Waals surface area contributed by atoms with Crippen LogP contribution in [0.25, 0.3) is 171 Å². The first-order chi connectivity index (χ1) is 45.1. The topological polar surface area (TPSA) is 133 Å². The number of imidazole rings is 1. The molecule has 0 aliphatic heterocycles. The summed E-state index contributed by atoms with van der Waals surface area (Å²) >= 11 is 0. The Morgan fingerprint density at radius 3 is 1.52 bits per heavy atom. The van der Waals surface area contributed by atoms with E-state index in [0.29, 0.717) is 39.5 Å². The Labute approximate surface area is 517 Å². The van der Waals surface area contributed by atoms with Crippen LogP contribution in [0, 0.1) is 34.0 Å². The minimum absolute atomic E-state index is 0.215. The second-order valence-corrected chi connectivity index (χ2v) is 23.2. The molecule has 0 N–H and O–H groups in total. The highest BCUT2D eigenvalue weighted by atomic mass is 15.2. The van der Waals surface area contributed by atoms with Crippen molar-refractivity contribution in [3.63, 3.8) is 0 Å². The van der Waals surface area contributed by atoms with E-state index in [2.05, 4.69) is 198 Å². The van der Waals surface area contributed by atoms with Gasteiger partial charge in [-0.25, -0.2) is 15.0 Å². The lowest BCUT2D eigenvalue weighted by Crippen LogP contribution is -2.09. The third-order valence-electron chi connectivity index (χ3n) is 18.5. The zero-order valence-electron chi connectivity index (χ0n) is 48.2. The molecule has 0 amide bonds. The van der Waals surface area contributed by atoms with Gasteiger partial charge >= 0.3 is 0 Å². The number of nitriles is 3. The van der Waals surface area contributed by atoms with Gasteiger partial charge in [0, 0.05) is 54.4 Å². The molecule has 19 rings (SSSR count). The summed E-state index contributed by atoms with van der Waals surface area (Å²) in [6, 6.07) is 96.9. The lowest BCUT2D eigenvalue weighted by molar-refractivity contribution is 0.988. The SMILES string of the molecule is N#Cc1c(-c2ccccc2)c(C#N)c(-n2c3ccccc3c3c4ccc(-c5cccc(-c6nc(-n7c8ccccc8c8c7n7c9ccccc9cc7c7cc9ccccc9n78)nc7ccccc67)c5)cc4c4nc5ccccc5n4c32)c(C#N)c1-c1ccccc1. The van der Waals surface area contributed by atoms with Gasteiger partial charge in [0.2, 0.25) is 5.95 Å². The maximum absolute atomic E-state index is 11.6. The first-order valence-corrected chi connectivity index (χ1v) is 30.1. The molecule has 0 saturated heterocycles. The van der Waals surface area contributed by atoms with Crippen LogP contribution in [-0.2, 0) is 0 Å². The summed E-state index contributed by atoms with van der Waals surface area (Å²) in [5, 5.41) is 42.5. The van der Waals surface area contributed by atoms with Crippen molar-refractivity contribution in [1.82, 2.24) is 37.3 Å². The third-order valence-corrected chi connectivity index (χ3v) is 18.5. The molecule has 418 valence electrons. The monoisotopic (exact) mass is 1160 g/mol. The third kappa shape index (κ3) is 6.90. The van der Waals surface area contributed by atoms with Crippen molar-refractivity contribution >= 4 is 115 Å². The fourth-order valence-electron chi connectivity index (χ4n) is 14.8. The van der Waals surface area contributed by atoms with Gasteiger partial charge < -0.3 is 4.40 Å². The molecule has 0 atom stereocenters. The molecular weight excluding hydrogens is 1110 g/mol. The summed E-state index contributed by atoms with van der Waals surface area (Å²) in [5.41, 5.74) is 19.2. The number of aromatic nitrogens is 8. The maximum atomic E-state index is 11.6. The van der Waals surface area contributed by atoms with Crippen molar-refractivity contribution < 1.29 is 0 Å². The highest BCUT2D eigenvalue weighted by Crippen LogP contribution is 2.48. The second-order valence-electron chi connectivity index (χ2n) is 23.2. The van der Waals surface area contributed by atoms with Crippen LogP contribution in [0.5, 0.6) is 0 Å². The maximum Gasteiger partial charge on any atom is 0.237 e. The van der Waals surface area contributed by atoms with Crippen LogP contribution in [-0.4, -0.2) is 37.3 Å². The summed E-state index contributed by atoms with van der Waals surface area (Å²) in [4.78, 5) is 16.6. The van der Waals surface area contributed by atoms with Crippen molar-refractivity contribution in [2.24, 2.45) is 0 Å². The van der Waals surface area contributed by atoms with Gasteiger partial charge in [-0.2, -0.15) is 15.8 Å². The fraction of sp³-hybridized carbons (Fsp3) is 0. The summed E-state index contributed by atoms with van der Waals surface area (Å²) in [7, 11) is 0. The van der Waals surface area contributed by atoms with E-state index in [9.17, 15) is 15.8 Å². The van der Waals surface area contributed by atoms with Crippen LogP contribution in [0.3, 0.4) is 0 Å². The van der Waals surface area contributed by atoms with Crippen LogP contribution < -0.4 is 0 Å². The molecule has 19 aromatic rings. The number of pyridine rings is 1. The minimum Gasteiger partial charge on any atom is -0.304 e. The number of nitrogens with zero attached hydrogens (tertiary/aromatic N) is 11. The molecule has 0 unspecified atom stereocenters. The van der Waals surface area contributed by atoms with Crippen molar-refractivity contribution in [3.8, 4) is 74.5 Å². The molecule has 11 nitrogen and oxygen atoms in total. The van der Waals surface area contributed by atoms with Gasteiger partial charge in [0.05, 0.1) is 83.2 Å². The summed E-state index contributed by atoms with van der Waals surface area (Å²) < 4.78 is 11.3. The summed E-state index contributed by atoms with van der Waals surface area (Å²) in [5.74, 6) is 0.556. The zero-order chi connectivity index (χ0) is 60.2. The highest BCUT2D eigenvalue weighted by Gasteiger charge is 2.32. The normalized spacial score (nSPS) is 11.9. The number of benzene rings is 11. The number of rotatable bonds is 6. The van der Waals surface area contributed by atoms with Gasteiger partial charge in [-0.3, -0.25) is 17.9 Å². The van der Waals surface area contributed by atoms with E-state index in [1.165, 1.54) is 5.39 Å². The lowest BCUT2D eigenvalue weighted by atomic mass is 9.84. The number of para-hydroxylation sites is 7. The first-order valence-electron chi connectivity index (χ1n) is 30.1. The molecule has 11 heteroatoms. The van der Waals surface area contributed by atoms with Crippen LogP contribution >= 0.6 is 0 Å². The van der Waals surface area contributed by atoms with Crippen LogP contribution in [0.15, 0.2) is 261 Å². The van der Waals surface area contributed by atoms with Gasteiger partial charge in [-0.05, 0) is 94.4 Å². The average Bonchev–Trinajstić information content (AvgIpc) is 1.55. The van der Waals surface area contributed by atoms with Gasteiger partial charge in [-0.1, -0.05) is 194 Å². The number of fused-ring (bicyclic) bond motifs is 23. The van der Waals surface area contributed by atoms with Crippen LogP contribution in [0.4, 0.5) is 0 Å². The predicted octanol–water partition coefficient (Wildman–Crippen LogP) is 18.9. The lowest BCUT2D eigenvalue weighted by Gasteiger charge is -2.21. The van der Waals surface area contributed by atoms with E-state index in [0.717, 1.165) is 127 Å². The quantitative estimate of drug-likeness (QED) is 0.163. The van der Waals surface area contributed by atoms with Crippen molar-refractivity contribution in [1.29, 1.82) is 15.8 Å². The predicted molar refractivity (Wildman–Crippen MR) is 365 cm³/mol. The smallest absolute Gasteiger partial charge is 0.237 e. The Bertz CT molecular complexity index is 6480. The molecular formula is C80H43N11. The van der Waals surface area contributed by atoms with Crippen LogP contribution in [0.2, 0.25) is 0 Å². The molecule has 0 radical (unpaired) electrons. The Morgan fingerprint density at radius 2 is 0.835 bits per heavy atom. The van der Waals surface area contributed by atoms with E-state index < -0.39 is 0 Å². The largest absolute Gasteiger partial charge is 0.304 e. The first kappa shape index (κ1) is 50.1. The Morgan fingerprint density at radius 1 is 0.308 bits per heavy atom. The van der Waals surface area contributed by atoms with Gasteiger partial charge in [0.15, 0.2) is 5.65 Å². The Kier molecular flexibility index (Phi) is 10.4.